The lowest BCUT2D eigenvalue weighted by Gasteiger charge is -2.21. The Labute approximate surface area is 162 Å². The molecule has 0 radical (unpaired) electrons. The van der Waals surface area contributed by atoms with Gasteiger partial charge in [0, 0.05) is 27.6 Å². The number of rotatable bonds is 6. The van der Waals surface area contributed by atoms with E-state index in [0.717, 1.165) is 15.0 Å². The lowest BCUT2D eigenvalue weighted by molar-refractivity contribution is -0.143. The van der Waals surface area contributed by atoms with Crippen molar-refractivity contribution in [2.45, 2.75) is 32.1 Å². The Morgan fingerprint density at radius 1 is 1.23 bits per heavy atom. The van der Waals surface area contributed by atoms with Crippen molar-refractivity contribution in [3.05, 3.63) is 40.2 Å². The molecule has 0 saturated heterocycles. The van der Waals surface area contributed by atoms with Crippen LogP contribution < -0.4 is 5.32 Å². The van der Waals surface area contributed by atoms with Crippen molar-refractivity contribution in [2.24, 2.45) is 5.92 Å². The molecule has 1 aliphatic carbocycles. The fourth-order valence-corrected chi connectivity index (χ4v) is 4.57. The van der Waals surface area contributed by atoms with Crippen molar-refractivity contribution in [3.63, 3.8) is 0 Å². The first-order valence-electron chi connectivity index (χ1n) is 8.92. The predicted molar refractivity (Wildman–Crippen MR) is 106 cm³/mol. The average Bonchev–Trinajstić information content (AvgIpc) is 3.00. The molecule has 1 heterocycles. The molecule has 138 valence electrons. The third-order valence-corrected chi connectivity index (χ3v) is 6.24. The number of carbonyl (C=O) groups excluding carboxylic acids is 2. The van der Waals surface area contributed by atoms with E-state index in [4.69, 9.17) is 16.3 Å². The van der Waals surface area contributed by atoms with Crippen LogP contribution in [0.4, 0.5) is 0 Å². The summed E-state index contributed by atoms with van der Waals surface area (Å²) >= 11 is 7.83. The van der Waals surface area contributed by atoms with Crippen molar-refractivity contribution in [3.8, 4) is 0 Å². The molecule has 0 unspecified atom stereocenters. The number of benzene rings is 1. The van der Waals surface area contributed by atoms with Gasteiger partial charge in [-0.1, -0.05) is 49.1 Å². The molecule has 1 aromatic heterocycles. The molecular weight excluding hydrogens is 370 g/mol. The van der Waals surface area contributed by atoms with Crippen LogP contribution in [0.1, 0.15) is 37.0 Å². The highest BCUT2D eigenvalue weighted by molar-refractivity contribution is 7.20. The van der Waals surface area contributed by atoms with Gasteiger partial charge in [-0.05, 0) is 30.9 Å². The third kappa shape index (κ3) is 5.08. The van der Waals surface area contributed by atoms with Crippen molar-refractivity contribution >= 4 is 51.0 Å². The van der Waals surface area contributed by atoms with Crippen LogP contribution in [-0.4, -0.2) is 25.0 Å². The monoisotopic (exact) mass is 391 g/mol. The minimum atomic E-state index is -0.550. The summed E-state index contributed by atoms with van der Waals surface area (Å²) in [7, 11) is 0. The lowest BCUT2D eigenvalue weighted by Crippen LogP contribution is -2.33. The number of fused-ring (bicyclic) bond motifs is 1. The van der Waals surface area contributed by atoms with Crippen LogP contribution in [0.3, 0.4) is 0 Å². The molecule has 0 bridgehead atoms. The molecule has 1 amide bonds. The van der Waals surface area contributed by atoms with Crippen LogP contribution in [0.2, 0.25) is 5.02 Å². The maximum Gasteiger partial charge on any atom is 0.331 e. The fraction of sp³-hybridized carbons (Fsp3) is 0.400. The van der Waals surface area contributed by atoms with Gasteiger partial charge in [-0.3, -0.25) is 4.79 Å². The zero-order valence-electron chi connectivity index (χ0n) is 14.5. The van der Waals surface area contributed by atoms with Crippen LogP contribution in [0.5, 0.6) is 0 Å². The highest BCUT2D eigenvalue weighted by atomic mass is 35.5. The van der Waals surface area contributed by atoms with Gasteiger partial charge in [0.15, 0.2) is 6.61 Å². The maximum atomic E-state index is 11.8. The minimum absolute atomic E-state index is 0.253. The zero-order valence-corrected chi connectivity index (χ0v) is 16.1. The second-order valence-corrected chi connectivity index (χ2v) is 7.99. The van der Waals surface area contributed by atoms with Gasteiger partial charge in [-0.2, -0.15) is 0 Å². The van der Waals surface area contributed by atoms with Crippen LogP contribution in [0.25, 0.3) is 16.2 Å². The number of nitrogens with one attached hydrogen (secondary N) is 1. The Morgan fingerprint density at radius 3 is 2.77 bits per heavy atom. The molecule has 3 rings (SSSR count). The summed E-state index contributed by atoms with van der Waals surface area (Å²) in [5, 5.41) is 4.44. The van der Waals surface area contributed by atoms with Gasteiger partial charge >= 0.3 is 5.97 Å². The van der Waals surface area contributed by atoms with Gasteiger partial charge in [-0.15, -0.1) is 11.3 Å². The lowest BCUT2D eigenvalue weighted by atomic mass is 9.89. The van der Waals surface area contributed by atoms with Gasteiger partial charge in [0.2, 0.25) is 0 Å². The summed E-state index contributed by atoms with van der Waals surface area (Å²) in [5.74, 6) is -0.248. The van der Waals surface area contributed by atoms with Gasteiger partial charge in [0.1, 0.15) is 0 Å². The van der Waals surface area contributed by atoms with E-state index in [0.29, 0.717) is 17.5 Å². The van der Waals surface area contributed by atoms with Crippen LogP contribution >= 0.6 is 22.9 Å². The first-order valence-corrected chi connectivity index (χ1v) is 10.1. The predicted octanol–water partition coefficient (Wildman–Crippen LogP) is 4.81. The summed E-state index contributed by atoms with van der Waals surface area (Å²) in [6.07, 6.45) is 9.04. The largest absolute Gasteiger partial charge is 0.452 e. The number of esters is 1. The summed E-state index contributed by atoms with van der Waals surface area (Å²) in [6, 6.07) is 7.80. The van der Waals surface area contributed by atoms with E-state index >= 15 is 0 Å². The molecule has 1 saturated carbocycles. The van der Waals surface area contributed by atoms with Crippen LogP contribution in [0, 0.1) is 5.92 Å². The zero-order chi connectivity index (χ0) is 18.4. The van der Waals surface area contributed by atoms with Crippen molar-refractivity contribution in [1.82, 2.24) is 5.32 Å². The van der Waals surface area contributed by atoms with E-state index in [1.54, 1.807) is 6.08 Å². The summed E-state index contributed by atoms with van der Waals surface area (Å²) in [4.78, 5) is 24.4. The molecule has 0 spiro atoms. The Kier molecular flexibility index (Phi) is 6.69. The van der Waals surface area contributed by atoms with Crippen molar-refractivity contribution in [1.29, 1.82) is 0 Å². The summed E-state index contributed by atoms with van der Waals surface area (Å²) < 4.78 is 6.07. The molecule has 1 N–H and O–H groups in total. The quantitative estimate of drug-likeness (QED) is 0.568. The third-order valence-electron chi connectivity index (χ3n) is 4.59. The Balaban J connectivity index is 1.45. The van der Waals surface area contributed by atoms with E-state index in [9.17, 15) is 9.59 Å². The molecule has 4 nitrogen and oxygen atoms in total. The van der Waals surface area contributed by atoms with Crippen LogP contribution in [-0.2, 0) is 14.3 Å². The SMILES string of the molecule is O=C(COC(=O)/C=C/c1sc2ccccc2c1Cl)NCC1CCCCC1. The smallest absolute Gasteiger partial charge is 0.331 e. The number of carbonyl (C=O) groups is 2. The van der Waals surface area contributed by atoms with E-state index in [-0.39, 0.29) is 12.5 Å². The standard InChI is InChI=1S/C20H22ClNO3S/c21-20-15-8-4-5-9-16(15)26-17(20)10-11-19(24)25-13-18(23)22-12-14-6-2-1-3-7-14/h4-5,8-11,14H,1-3,6-7,12-13H2,(H,22,23)/b11-10+. The molecule has 26 heavy (non-hydrogen) atoms. The van der Waals surface area contributed by atoms with Gasteiger partial charge in [-0.25, -0.2) is 4.79 Å². The molecule has 2 aromatic rings. The van der Waals surface area contributed by atoms with Crippen LogP contribution in [0.15, 0.2) is 30.3 Å². The first kappa shape index (κ1) is 18.9. The van der Waals surface area contributed by atoms with Gasteiger partial charge < -0.3 is 10.1 Å². The highest BCUT2D eigenvalue weighted by Gasteiger charge is 2.14. The fourth-order valence-electron chi connectivity index (χ4n) is 3.17. The second kappa shape index (κ2) is 9.19. The first-order chi connectivity index (χ1) is 12.6. The van der Waals surface area contributed by atoms with E-state index in [1.807, 2.05) is 24.3 Å². The van der Waals surface area contributed by atoms with Crippen molar-refractivity contribution in [2.75, 3.05) is 13.2 Å². The van der Waals surface area contributed by atoms with E-state index in [2.05, 4.69) is 5.32 Å². The van der Waals surface area contributed by atoms with Gasteiger partial charge in [0.05, 0.1) is 5.02 Å². The topological polar surface area (TPSA) is 55.4 Å². The number of hydrogen-bond acceptors (Lipinski definition) is 4. The average molecular weight is 392 g/mol. The minimum Gasteiger partial charge on any atom is -0.452 e. The number of halogens is 1. The number of amides is 1. The molecule has 1 aliphatic rings. The normalized spacial score (nSPS) is 15.4. The van der Waals surface area contributed by atoms with E-state index in [1.165, 1.54) is 49.5 Å². The Morgan fingerprint density at radius 2 is 2.00 bits per heavy atom. The highest BCUT2D eigenvalue weighted by Crippen LogP contribution is 2.35. The summed E-state index contributed by atoms with van der Waals surface area (Å²) in [5.41, 5.74) is 0. The molecule has 0 atom stereocenters. The maximum absolute atomic E-state index is 11.8. The summed E-state index contributed by atoms with van der Waals surface area (Å²) in [6.45, 7) is 0.416. The van der Waals surface area contributed by atoms with Gasteiger partial charge in [0.25, 0.3) is 5.91 Å². The molecule has 6 heteroatoms. The number of hydrogen-bond donors (Lipinski definition) is 1. The number of thiophene rings is 1. The molecule has 0 aliphatic heterocycles. The van der Waals surface area contributed by atoms with E-state index < -0.39 is 5.97 Å². The molecule has 1 fully saturated rings. The molecular formula is C20H22ClNO3S. The second-order valence-electron chi connectivity index (χ2n) is 6.53. The molecule has 1 aromatic carbocycles. The Hall–Kier alpha value is -1.85. The Bertz CT molecular complexity index is 808. The number of ether oxygens (including phenoxy) is 1. The van der Waals surface area contributed by atoms with Crippen molar-refractivity contribution < 1.29 is 14.3 Å².